The molecule has 1 unspecified atom stereocenters. The first-order valence-electron chi connectivity index (χ1n) is 8.10. The van der Waals surface area contributed by atoms with E-state index in [2.05, 4.69) is 10.1 Å². The Kier molecular flexibility index (Phi) is 7.03. The molecule has 1 atom stereocenters. The number of carbonyl (C=O) groups excluding carboxylic acids is 1. The first-order chi connectivity index (χ1) is 12.3. The highest BCUT2D eigenvalue weighted by Crippen LogP contribution is 2.23. The van der Waals surface area contributed by atoms with Crippen molar-refractivity contribution in [3.63, 3.8) is 0 Å². The number of ether oxygens (including phenoxy) is 2. The third-order valence-electron chi connectivity index (χ3n) is 3.48. The Hall–Kier alpha value is -2.54. The van der Waals surface area contributed by atoms with Gasteiger partial charge in [0.2, 0.25) is 5.91 Å². The third-order valence-corrected chi connectivity index (χ3v) is 3.48. The van der Waals surface area contributed by atoms with Crippen molar-refractivity contribution in [3.8, 4) is 11.5 Å². The van der Waals surface area contributed by atoms with Crippen LogP contribution in [0.2, 0.25) is 0 Å². The van der Waals surface area contributed by atoms with Gasteiger partial charge in [0.1, 0.15) is 18.1 Å². The molecule has 0 aromatic heterocycles. The molecule has 0 saturated heterocycles. The Bertz CT molecular complexity index is 687. The molecular weight excluding hydrogens is 347 g/mol. The van der Waals surface area contributed by atoms with Gasteiger partial charge in [-0.05, 0) is 36.8 Å². The number of alkyl halides is 3. The van der Waals surface area contributed by atoms with Crippen molar-refractivity contribution in [1.29, 1.82) is 0 Å². The zero-order valence-electron chi connectivity index (χ0n) is 14.3. The molecular formula is C19H20F3NO3. The van der Waals surface area contributed by atoms with Crippen LogP contribution in [0.1, 0.15) is 24.9 Å². The number of carbonyl (C=O) groups is 1. The van der Waals surface area contributed by atoms with Gasteiger partial charge in [0.25, 0.3) is 0 Å². The fraction of sp³-hybridized carbons (Fsp3) is 0.316. The lowest BCUT2D eigenvalue weighted by molar-refractivity contribution is -0.174. The maximum Gasteiger partial charge on any atom is 0.411 e. The molecule has 0 radical (unpaired) electrons. The van der Waals surface area contributed by atoms with Crippen molar-refractivity contribution in [2.75, 3.05) is 13.2 Å². The smallest absolute Gasteiger partial charge is 0.411 e. The molecule has 4 nitrogen and oxygen atoms in total. The number of para-hydroxylation sites is 1. The van der Waals surface area contributed by atoms with Gasteiger partial charge in [-0.2, -0.15) is 13.2 Å². The van der Waals surface area contributed by atoms with Gasteiger partial charge in [-0.1, -0.05) is 30.3 Å². The molecule has 2 aromatic carbocycles. The average molecular weight is 367 g/mol. The predicted molar refractivity (Wildman–Crippen MR) is 91.0 cm³/mol. The molecule has 1 N–H and O–H groups in total. The zero-order chi connectivity index (χ0) is 19.0. The molecule has 2 rings (SSSR count). The van der Waals surface area contributed by atoms with Crippen LogP contribution in [-0.4, -0.2) is 25.3 Å². The molecule has 0 bridgehead atoms. The highest BCUT2D eigenvalue weighted by atomic mass is 19.4. The number of benzene rings is 2. The first kappa shape index (κ1) is 19.8. The van der Waals surface area contributed by atoms with Crippen molar-refractivity contribution in [2.24, 2.45) is 0 Å². The Balaban J connectivity index is 1.78. The summed E-state index contributed by atoms with van der Waals surface area (Å²) in [5.74, 6) is 1.02. The summed E-state index contributed by atoms with van der Waals surface area (Å²) in [5, 5.41) is 2.72. The largest absolute Gasteiger partial charge is 0.457 e. The zero-order valence-corrected chi connectivity index (χ0v) is 14.3. The number of amides is 1. The summed E-state index contributed by atoms with van der Waals surface area (Å²) in [5.41, 5.74) is 0.856. The van der Waals surface area contributed by atoms with Crippen LogP contribution in [0.4, 0.5) is 13.2 Å². The number of hydrogen-bond donors (Lipinski definition) is 1. The standard InChI is InChI=1S/C19H20F3NO3/c1-14(23-18(24)11-12-25-13-19(20,21)22)15-7-9-17(10-8-15)26-16-5-3-2-4-6-16/h2-10,14H,11-13H2,1H3,(H,23,24). The lowest BCUT2D eigenvalue weighted by Crippen LogP contribution is -2.28. The van der Waals surface area contributed by atoms with Crippen LogP contribution >= 0.6 is 0 Å². The molecule has 0 heterocycles. The van der Waals surface area contributed by atoms with E-state index in [-0.39, 0.29) is 25.0 Å². The van der Waals surface area contributed by atoms with Gasteiger partial charge in [0, 0.05) is 6.42 Å². The topological polar surface area (TPSA) is 47.6 Å². The van der Waals surface area contributed by atoms with Crippen LogP contribution in [0, 0.1) is 0 Å². The second-order valence-electron chi connectivity index (χ2n) is 5.69. The highest BCUT2D eigenvalue weighted by molar-refractivity contribution is 5.76. The predicted octanol–water partition coefficient (Wildman–Crippen LogP) is 4.63. The molecule has 26 heavy (non-hydrogen) atoms. The normalized spacial score (nSPS) is 12.5. The van der Waals surface area contributed by atoms with Crippen molar-refractivity contribution >= 4 is 5.91 Å². The first-order valence-corrected chi connectivity index (χ1v) is 8.10. The molecule has 7 heteroatoms. The van der Waals surface area contributed by atoms with E-state index in [9.17, 15) is 18.0 Å². The molecule has 0 spiro atoms. The van der Waals surface area contributed by atoms with Gasteiger partial charge in [0.15, 0.2) is 0 Å². The summed E-state index contributed by atoms with van der Waals surface area (Å²) in [6.07, 6.45) is -4.51. The molecule has 0 aliphatic rings. The van der Waals surface area contributed by atoms with E-state index in [4.69, 9.17) is 4.74 Å². The van der Waals surface area contributed by atoms with Crippen LogP contribution in [0.5, 0.6) is 11.5 Å². The quantitative estimate of drug-likeness (QED) is 0.693. The fourth-order valence-electron chi connectivity index (χ4n) is 2.20. The highest BCUT2D eigenvalue weighted by Gasteiger charge is 2.27. The summed E-state index contributed by atoms with van der Waals surface area (Å²) in [7, 11) is 0. The Morgan fingerprint density at radius 1 is 1.04 bits per heavy atom. The van der Waals surface area contributed by atoms with Gasteiger partial charge in [-0.25, -0.2) is 0 Å². The molecule has 1 amide bonds. The molecule has 140 valence electrons. The molecule has 0 aliphatic carbocycles. The summed E-state index contributed by atoms with van der Waals surface area (Å²) < 4.78 is 46.0. The van der Waals surface area contributed by atoms with Gasteiger partial charge in [-0.15, -0.1) is 0 Å². The second-order valence-corrected chi connectivity index (χ2v) is 5.69. The maximum atomic E-state index is 11.9. The van der Waals surface area contributed by atoms with Crippen molar-refractivity contribution < 1.29 is 27.4 Å². The summed E-state index contributed by atoms with van der Waals surface area (Å²) in [4.78, 5) is 11.8. The third kappa shape index (κ3) is 7.14. The summed E-state index contributed by atoms with van der Waals surface area (Å²) in [6, 6.07) is 16.3. The minimum Gasteiger partial charge on any atom is -0.457 e. The van der Waals surface area contributed by atoms with Crippen LogP contribution < -0.4 is 10.1 Å². The molecule has 0 fully saturated rings. The van der Waals surface area contributed by atoms with Crippen molar-refractivity contribution in [1.82, 2.24) is 5.32 Å². The molecule has 2 aromatic rings. The van der Waals surface area contributed by atoms with E-state index in [1.54, 1.807) is 19.1 Å². The van der Waals surface area contributed by atoms with Crippen molar-refractivity contribution in [2.45, 2.75) is 25.6 Å². The monoisotopic (exact) mass is 367 g/mol. The lowest BCUT2D eigenvalue weighted by Gasteiger charge is -2.15. The number of halogens is 3. The van der Waals surface area contributed by atoms with Crippen LogP contribution in [0.3, 0.4) is 0 Å². The van der Waals surface area contributed by atoms with Gasteiger partial charge in [-0.3, -0.25) is 4.79 Å². The van der Waals surface area contributed by atoms with E-state index >= 15 is 0 Å². The SMILES string of the molecule is CC(NC(=O)CCOCC(F)(F)F)c1ccc(Oc2ccccc2)cc1. The van der Waals surface area contributed by atoms with E-state index in [0.717, 1.165) is 11.3 Å². The summed E-state index contributed by atoms with van der Waals surface area (Å²) >= 11 is 0. The molecule has 0 saturated carbocycles. The van der Waals surface area contributed by atoms with E-state index in [1.807, 2.05) is 42.5 Å². The molecule has 0 aliphatic heterocycles. The Labute approximate surface area is 149 Å². The van der Waals surface area contributed by atoms with E-state index < -0.39 is 12.8 Å². The fourth-order valence-corrected chi connectivity index (χ4v) is 2.20. The van der Waals surface area contributed by atoms with Crippen LogP contribution in [0.15, 0.2) is 54.6 Å². The average Bonchev–Trinajstić information content (AvgIpc) is 2.59. The van der Waals surface area contributed by atoms with E-state index in [1.165, 1.54) is 0 Å². The number of hydrogen-bond acceptors (Lipinski definition) is 3. The number of nitrogens with one attached hydrogen (secondary N) is 1. The van der Waals surface area contributed by atoms with Crippen LogP contribution in [-0.2, 0) is 9.53 Å². The van der Waals surface area contributed by atoms with Gasteiger partial charge < -0.3 is 14.8 Å². The van der Waals surface area contributed by atoms with Gasteiger partial charge in [0.05, 0.1) is 12.6 Å². The van der Waals surface area contributed by atoms with Crippen molar-refractivity contribution in [3.05, 3.63) is 60.2 Å². The van der Waals surface area contributed by atoms with E-state index in [0.29, 0.717) is 5.75 Å². The lowest BCUT2D eigenvalue weighted by atomic mass is 10.1. The second kappa shape index (κ2) is 9.24. The number of rotatable bonds is 8. The summed E-state index contributed by atoms with van der Waals surface area (Å²) in [6.45, 7) is 0.169. The maximum absolute atomic E-state index is 11.9. The van der Waals surface area contributed by atoms with Gasteiger partial charge >= 0.3 is 6.18 Å². The Morgan fingerprint density at radius 3 is 2.27 bits per heavy atom. The Morgan fingerprint density at radius 2 is 1.65 bits per heavy atom. The minimum atomic E-state index is -4.38. The van der Waals surface area contributed by atoms with Crippen LogP contribution in [0.25, 0.3) is 0 Å². The minimum absolute atomic E-state index is 0.129.